The Morgan fingerprint density at radius 3 is 2.06 bits per heavy atom. The highest BCUT2D eigenvalue weighted by molar-refractivity contribution is 5.74. The van der Waals surface area contributed by atoms with Crippen molar-refractivity contribution in [2.24, 2.45) is 5.41 Å². The van der Waals surface area contributed by atoms with Gasteiger partial charge in [-0.1, -0.05) is 13.8 Å². The van der Waals surface area contributed by atoms with Gasteiger partial charge in [-0.25, -0.2) is 0 Å². The van der Waals surface area contributed by atoms with Crippen LogP contribution < -0.4 is 0 Å². The number of ether oxygens (including phenoxy) is 2. The Morgan fingerprint density at radius 2 is 1.76 bits per heavy atom. The average molecular weight is 245 g/mol. The van der Waals surface area contributed by atoms with Crippen molar-refractivity contribution in [1.82, 2.24) is 4.90 Å². The van der Waals surface area contributed by atoms with Crippen LogP contribution >= 0.6 is 0 Å². The molecular formula is C12H23NO4. The SMILES string of the molecule is CCC(CC)(CN1CC(OC)(OC)C1)C(=O)O. The summed E-state index contributed by atoms with van der Waals surface area (Å²) in [5.74, 6) is -1.25. The predicted octanol–water partition coefficient (Wildman–Crippen LogP) is 1.18. The molecule has 0 aliphatic carbocycles. The molecule has 1 fully saturated rings. The van der Waals surface area contributed by atoms with E-state index in [9.17, 15) is 9.90 Å². The molecule has 1 saturated heterocycles. The van der Waals surface area contributed by atoms with Crippen molar-refractivity contribution in [2.75, 3.05) is 33.9 Å². The number of hydrogen-bond acceptors (Lipinski definition) is 4. The van der Waals surface area contributed by atoms with Gasteiger partial charge < -0.3 is 14.6 Å². The average Bonchev–Trinajstić information content (AvgIpc) is 2.29. The number of likely N-dealkylation sites (tertiary alicyclic amines) is 1. The van der Waals surface area contributed by atoms with E-state index in [1.807, 2.05) is 13.8 Å². The molecule has 0 aromatic heterocycles. The lowest BCUT2D eigenvalue weighted by Gasteiger charge is -2.50. The van der Waals surface area contributed by atoms with Crippen LogP contribution in [0.3, 0.4) is 0 Å². The minimum Gasteiger partial charge on any atom is -0.481 e. The predicted molar refractivity (Wildman–Crippen MR) is 63.8 cm³/mol. The quantitative estimate of drug-likeness (QED) is 0.683. The van der Waals surface area contributed by atoms with Crippen molar-refractivity contribution in [1.29, 1.82) is 0 Å². The molecule has 0 radical (unpaired) electrons. The maximum Gasteiger partial charge on any atom is 0.310 e. The molecule has 0 saturated carbocycles. The second kappa shape index (κ2) is 5.33. The van der Waals surface area contributed by atoms with Crippen LogP contribution in [0.5, 0.6) is 0 Å². The Bertz CT molecular complexity index is 264. The lowest BCUT2D eigenvalue weighted by molar-refractivity contribution is -0.279. The summed E-state index contributed by atoms with van der Waals surface area (Å²) in [4.78, 5) is 13.4. The van der Waals surface area contributed by atoms with E-state index in [4.69, 9.17) is 9.47 Å². The summed E-state index contributed by atoms with van der Waals surface area (Å²) < 4.78 is 10.6. The topological polar surface area (TPSA) is 59.0 Å². The standard InChI is InChI=1S/C12H23NO4/c1-5-11(6-2,10(14)15)7-13-8-12(9-13,16-3)17-4/h5-9H2,1-4H3,(H,14,15). The Morgan fingerprint density at radius 1 is 1.29 bits per heavy atom. The molecule has 1 N–H and O–H groups in total. The largest absolute Gasteiger partial charge is 0.481 e. The van der Waals surface area contributed by atoms with Gasteiger partial charge in [0.25, 0.3) is 0 Å². The summed E-state index contributed by atoms with van der Waals surface area (Å²) in [7, 11) is 3.23. The van der Waals surface area contributed by atoms with E-state index in [1.165, 1.54) is 0 Å². The van der Waals surface area contributed by atoms with E-state index in [-0.39, 0.29) is 0 Å². The highest BCUT2D eigenvalue weighted by Gasteiger charge is 2.48. The summed E-state index contributed by atoms with van der Waals surface area (Å²) in [5.41, 5.74) is -0.645. The van der Waals surface area contributed by atoms with Crippen molar-refractivity contribution in [3.05, 3.63) is 0 Å². The van der Waals surface area contributed by atoms with E-state index in [0.29, 0.717) is 32.5 Å². The normalized spacial score (nSPS) is 20.0. The highest BCUT2D eigenvalue weighted by atomic mass is 16.7. The third kappa shape index (κ3) is 2.61. The molecule has 1 heterocycles. The molecule has 0 spiro atoms. The second-order valence-corrected chi connectivity index (χ2v) is 4.76. The van der Waals surface area contributed by atoms with E-state index >= 15 is 0 Å². The highest BCUT2D eigenvalue weighted by Crippen LogP contribution is 2.33. The van der Waals surface area contributed by atoms with Gasteiger partial charge in [-0.05, 0) is 12.8 Å². The number of nitrogens with zero attached hydrogens (tertiary/aromatic N) is 1. The molecular weight excluding hydrogens is 222 g/mol. The first-order chi connectivity index (χ1) is 7.97. The third-order valence-electron chi connectivity index (χ3n) is 4.01. The van der Waals surface area contributed by atoms with Crippen molar-refractivity contribution in [3.8, 4) is 0 Å². The van der Waals surface area contributed by atoms with Crippen LogP contribution in [-0.2, 0) is 14.3 Å². The molecule has 5 nitrogen and oxygen atoms in total. The summed E-state index contributed by atoms with van der Waals surface area (Å²) in [5, 5.41) is 9.35. The maximum absolute atomic E-state index is 11.4. The van der Waals surface area contributed by atoms with Crippen LogP contribution in [0.25, 0.3) is 0 Å². The Hall–Kier alpha value is -0.650. The summed E-state index contributed by atoms with van der Waals surface area (Å²) in [6.07, 6.45) is 1.28. The zero-order valence-corrected chi connectivity index (χ0v) is 11.2. The zero-order chi connectivity index (χ0) is 13.1. The molecule has 100 valence electrons. The van der Waals surface area contributed by atoms with Gasteiger partial charge in [-0.15, -0.1) is 0 Å². The summed E-state index contributed by atoms with van der Waals surface area (Å²) in [6, 6.07) is 0. The molecule has 0 bridgehead atoms. The fraction of sp³-hybridized carbons (Fsp3) is 0.917. The third-order valence-corrected chi connectivity index (χ3v) is 4.01. The number of rotatable bonds is 7. The minimum atomic E-state index is -0.713. The first-order valence-corrected chi connectivity index (χ1v) is 6.03. The van der Waals surface area contributed by atoms with Gasteiger partial charge in [-0.2, -0.15) is 0 Å². The lowest BCUT2D eigenvalue weighted by atomic mass is 9.81. The number of carbonyl (C=O) groups is 1. The van der Waals surface area contributed by atoms with Crippen molar-refractivity contribution >= 4 is 5.97 Å². The Kier molecular flexibility index (Phi) is 4.52. The van der Waals surface area contributed by atoms with Crippen molar-refractivity contribution < 1.29 is 19.4 Å². The van der Waals surface area contributed by atoms with Crippen LogP contribution in [0, 0.1) is 5.41 Å². The molecule has 0 amide bonds. The lowest BCUT2D eigenvalue weighted by Crippen LogP contribution is -2.66. The molecule has 0 unspecified atom stereocenters. The second-order valence-electron chi connectivity index (χ2n) is 4.76. The molecule has 5 heteroatoms. The van der Waals surface area contributed by atoms with E-state index in [0.717, 1.165) is 0 Å². The van der Waals surface area contributed by atoms with Crippen LogP contribution in [0.2, 0.25) is 0 Å². The van der Waals surface area contributed by atoms with Gasteiger partial charge in [-0.3, -0.25) is 9.69 Å². The number of hydrogen-bond donors (Lipinski definition) is 1. The van der Waals surface area contributed by atoms with Gasteiger partial charge in [0.1, 0.15) is 0 Å². The van der Waals surface area contributed by atoms with E-state index in [2.05, 4.69) is 4.90 Å². The van der Waals surface area contributed by atoms with E-state index < -0.39 is 17.2 Å². The molecule has 1 aliphatic heterocycles. The smallest absolute Gasteiger partial charge is 0.310 e. The number of methoxy groups -OCH3 is 2. The van der Waals surface area contributed by atoms with Gasteiger partial charge in [0, 0.05) is 20.8 Å². The van der Waals surface area contributed by atoms with Crippen LogP contribution in [0.1, 0.15) is 26.7 Å². The fourth-order valence-corrected chi connectivity index (χ4v) is 2.36. The van der Waals surface area contributed by atoms with Crippen LogP contribution in [0.15, 0.2) is 0 Å². The van der Waals surface area contributed by atoms with Crippen LogP contribution in [-0.4, -0.2) is 55.6 Å². The molecule has 0 aromatic rings. The Labute approximate surface area is 103 Å². The molecule has 0 atom stereocenters. The van der Waals surface area contributed by atoms with Gasteiger partial charge in [0.2, 0.25) is 0 Å². The molecule has 1 aliphatic rings. The number of carboxylic acids is 1. The molecule has 1 rings (SSSR count). The minimum absolute atomic E-state index is 0.536. The van der Waals surface area contributed by atoms with Gasteiger partial charge >= 0.3 is 5.97 Å². The van der Waals surface area contributed by atoms with Crippen molar-refractivity contribution in [3.63, 3.8) is 0 Å². The number of carboxylic acid groups (broad SMARTS) is 1. The summed E-state index contributed by atoms with van der Waals surface area (Å²) >= 11 is 0. The van der Waals surface area contributed by atoms with Crippen LogP contribution in [0.4, 0.5) is 0 Å². The fourth-order valence-electron chi connectivity index (χ4n) is 2.36. The Balaban J connectivity index is 2.59. The van der Waals surface area contributed by atoms with E-state index in [1.54, 1.807) is 14.2 Å². The van der Waals surface area contributed by atoms with Crippen molar-refractivity contribution in [2.45, 2.75) is 32.5 Å². The summed E-state index contributed by atoms with van der Waals surface area (Å²) in [6.45, 7) is 5.68. The molecule has 17 heavy (non-hydrogen) atoms. The maximum atomic E-state index is 11.4. The van der Waals surface area contributed by atoms with Gasteiger partial charge in [0.05, 0.1) is 18.5 Å². The zero-order valence-electron chi connectivity index (χ0n) is 11.2. The first kappa shape index (κ1) is 14.4. The monoisotopic (exact) mass is 245 g/mol. The number of aliphatic carboxylic acids is 1. The first-order valence-electron chi connectivity index (χ1n) is 6.03. The van der Waals surface area contributed by atoms with Gasteiger partial charge in [0.15, 0.2) is 5.79 Å². The molecule has 0 aromatic carbocycles.